The quantitative estimate of drug-likeness (QED) is 0.836. The molecule has 120 valence electrons. The lowest BCUT2D eigenvalue weighted by molar-refractivity contribution is -0.132. The maximum absolute atomic E-state index is 12.7. The summed E-state index contributed by atoms with van der Waals surface area (Å²) in [6.45, 7) is 2.74. The second kappa shape index (κ2) is 5.57. The summed E-state index contributed by atoms with van der Waals surface area (Å²) in [4.78, 5) is 16.5. The third-order valence-electron chi connectivity index (χ3n) is 4.85. The first kappa shape index (κ1) is 15.3. The van der Waals surface area contributed by atoms with Crippen molar-refractivity contribution < 1.29 is 13.2 Å². The molecule has 0 saturated carbocycles. The van der Waals surface area contributed by atoms with Crippen molar-refractivity contribution >= 4 is 21.4 Å². The van der Waals surface area contributed by atoms with E-state index in [-0.39, 0.29) is 29.5 Å². The predicted molar refractivity (Wildman–Crippen MR) is 86.8 cm³/mol. The van der Waals surface area contributed by atoms with E-state index in [2.05, 4.69) is 11.0 Å². The molecule has 22 heavy (non-hydrogen) atoms. The summed E-state index contributed by atoms with van der Waals surface area (Å²) in [7, 11) is -1.25. The van der Waals surface area contributed by atoms with E-state index < -0.39 is 9.84 Å². The Kier molecular flexibility index (Phi) is 3.89. The minimum Gasteiger partial charge on any atom is -0.359 e. The zero-order valence-electron chi connectivity index (χ0n) is 13.0. The molecule has 0 unspecified atom stereocenters. The molecule has 0 radical (unpaired) electrons. The highest BCUT2D eigenvalue weighted by Crippen LogP contribution is 2.30. The fourth-order valence-electron chi connectivity index (χ4n) is 3.45. The van der Waals surface area contributed by atoms with Crippen LogP contribution in [0.25, 0.3) is 0 Å². The second-order valence-corrected chi connectivity index (χ2v) is 8.48. The minimum atomic E-state index is -2.97. The topological polar surface area (TPSA) is 57.7 Å². The Morgan fingerprint density at radius 2 is 2.09 bits per heavy atom. The number of hydrogen-bond acceptors (Lipinski definition) is 4. The summed E-state index contributed by atoms with van der Waals surface area (Å²) in [5, 5.41) is 0. The number of para-hydroxylation sites is 1. The first-order valence-electron chi connectivity index (χ1n) is 7.71. The van der Waals surface area contributed by atoms with Crippen LogP contribution < -0.4 is 4.90 Å². The Balaban J connectivity index is 1.73. The number of benzene rings is 1. The summed E-state index contributed by atoms with van der Waals surface area (Å²) in [6.07, 6.45) is 1.50. The van der Waals surface area contributed by atoms with Gasteiger partial charge < -0.3 is 9.80 Å². The number of sulfone groups is 1. The van der Waals surface area contributed by atoms with Gasteiger partial charge in [0.25, 0.3) is 0 Å². The molecule has 1 amide bonds. The molecule has 2 aliphatic rings. The molecule has 0 spiro atoms. The van der Waals surface area contributed by atoms with Crippen molar-refractivity contribution in [3.63, 3.8) is 0 Å². The second-order valence-electron chi connectivity index (χ2n) is 6.25. The predicted octanol–water partition coefficient (Wildman–Crippen LogP) is 1.08. The van der Waals surface area contributed by atoms with Gasteiger partial charge in [-0.05, 0) is 31.4 Å². The minimum absolute atomic E-state index is 0.00111. The summed E-state index contributed by atoms with van der Waals surface area (Å²) in [5.41, 5.74) is 2.39. The van der Waals surface area contributed by atoms with Gasteiger partial charge in [-0.3, -0.25) is 4.79 Å². The number of fused-ring (bicyclic) bond motifs is 1. The van der Waals surface area contributed by atoms with E-state index in [1.807, 2.05) is 25.1 Å². The fourth-order valence-corrected chi connectivity index (χ4v) is 5.23. The van der Waals surface area contributed by atoms with Crippen LogP contribution in [0, 0.1) is 0 Å². The molecule has 2 aliphatic heterocycles. The summed E-state index contributed by atoms with van der Waals surface area (Å²) in [6, 6.07) is 7.70. The first-order valence-corrected chi connectivity index (χ1v) is 9.53. The van der Waals surface area contributed by atoms with Gasteiger partial charge in [0.05, 0.1) is 11.5 Å². The number of nitrogens with zero attached hydrogens (tertiary/aromatic N) is 2. The molecule has 1 aromatic rings. The average molecular weight is 322 g/mol. The molecule has 0 bridgehead atoms. The maximum atomic E-state index is 12.7. The molecule has 2 atom stereocenters. The normalized spacial score (nSPS) is 24.1. The Morgan fingerprint density at radius 3 is 2.77 bits per heavy atom. The molecular weight excluding hydrogens is 300 g/mol. The van der Waals surface area contributed by atoms with Crippen LogP contribution in [0.4, 0.5) is 5.69 Å². The standard InChI is InChI=1S/C16H22N2O3S/c1-12(18-9-7-13-5-3-4-6-15(13)18)16(19)17(2)14-8-10-22(20,21)11-14/h3-6,12,14H,7-11H2,1-2H3/t12-,14-/m0/s1. The van der Waals surface area contributed by atoms with Gasteiger partial charge in [0.1, 0.15) is 6.04 Å². The van der Waals surface area contributed by atoms with Crippen molar-refractivity contribution in [2.24, 2.45) is 0 Å². The Morgan fingerprint density at radius 1 is 1.36 bits per heavy atom. The van der Waals surface area contributed by atoms with E-state index in [9.17, 15) is 13.2 Å². The van der Waals surface area contributed by atoms with Crippen LogP contribution in [-0.2, 0) is 21.1 Å². The van der Waals surface area contributed by atoms with Gasteiger partial charge in [-0.25, -0.2) is 8.42 Å². The molecule has 0 N–H and O–H groups in total. The lowest BCUT2D eigenvalue weighted by Crippen LogP contribution is -2.49. The zero-order valence-corrected chi connectivity index (χ0v) is 13.8. The van der Waals surface area contributed by atoms with E-state index in [0.29, 0.717) is 6.42 Å². The molecule has 0 aromatic heterocycles. The summed E-state index contributed by atoms with van der Waals surface area (Å²) >= 11 is 0. The number of hydrogen-bond donors (Lipinski definition) is 0. The molecule has 2 heterocycles. The lowest BCUT2D eigenvalue weighted by Gasteiger charge is -2.32. The van der Waals surface area contributed by atoms with Crippen molar-refractivity contribution in [2.75, 3.05) is 30.0 Å². The van der Waals surface area contributed by atoms with Gasteiger partial charge in [0, 0.05) is 25.3 Å². The van der Waals surface area contributed by atoms with Gasteiger partial charge in [0.2, 0.25) is 5.91 Å². The molecule has 3 rings (SSSR count). The zero-order chi connectivity index (χ0) is 15.9. The van der Waals surface area contributed by atoms with Crippen LogP contribution in [0.1, 0.15) is 18.9 Å². The number of anilines is 1. The largest absolute Gasteiger partial charge is 0.359 e. The number of carbonyl (C=O) groups excluding carboxylic acids is 1. The molecule has 6 heteroatoms. The van der Waals surface area contributed by atoms with Crippen LogP contribution in [0.15, 0.2) is 24.3 Å². The van der Waals surface area contributed by atoms with Gasteiger partial charge in [0.15, 0.2) is 9.84 Å². The molecule has 1 saturated heterocycles. The van der Waals surface area contributed by atoms with Crippen LogP contribution >= 0.6 is 0 Å². The Hall–Kier alpha value is -1.56. The van der Waals surface area contributed by atoms with E-state index in [4.69, 9.17) is 0 Å². The van der Waals surface area contributed by atoms with E-state index in [1.54, 1.807) is 11.9 Å². The molecular formula is C16H22N2O3S. The van der Waals surface area contributed by atoms with Crippen molar-refractivity contribution in [1.82, 2.24) is 4.90 Å². The first-order chi connectivity index (χ1) is 10.4. The van der Waals surface area contributed by atoms with Crippen molar-refractivity contribution in [3.05, 3.63) is 29.8 Å². The number of amides is 1. The van der Waals surface area contributed by atoms with E-state index >= 15 is 0 Å². The van der Waals surface area contributed by atoms with E-state index in [1.165, 1.54) is 5.56 Å². The van der Waals surface area contributed by atoms with Crippen molar-refractivity contribution in [3.8, 4) is 0 Å². The van der Waals surface area contributed by atoms with Gasteiger partial charge in [-0.2, -0.15) is 0 Å². The average Bonchev–Trinajstić information content (AvgIpc) is 3.08. The van der Waals surface area contributed by atoms with Gasteiger partial charge in [-0.15, -0.1) is 0 Å². The molecule has 1 fully saturated rings. The molecule has 5 nitrogen and oxygen atoms in total. The highest BCUT2D eigenvalue weighted by atomic mass is 32.2. The van der Waals surface area contributed by atoms with Crippen molar-refractivity contribution in [2.45, 2.75) is 31.8 Å². The Bertz CT molecular complexity index is 686. The SMILES string of the molecule is C[C@@H](C(=O)N(C)[C@H]1CCS(=O)(=O)C1)N1CCc2ccccc21. The third kappa shape index (κ3) is 2.72. The van der Waals surface area contributed by atoms with Crippen LogP contribution in [-0.4, -0.2) is 56.4 Å². The van der Waals surface area contributed by atoms with Gasteiger partial charge >= 0.3 is 0 Å². The summed E-state index contributed by atoms with van der Waals surface area (Å²) < 4.78 is 23.2. The number of carbonyl (C=O) groups is 1. The Labute approximate surface area is 131 Å². The summed E-state index contributed by atoms with van der Waals surface area (Å²) in [5.74, 6) is 0.285. The van der Waals surface area contributed by atoms with Crippen LogP contribution in [0.2, 0.25) is 0 Å². The number of likely N-dealkylation sites (N-methyl/N-ethyl adjacent to an activating group) is 1. The maximum Gasteiger partial charge on any atom is 0.245 e. The monoisotopic (exact) mass is 322 g/mol. The molecule has 1 aromatic carbocycles. The van der Waals surface area contributed by atoms with Gasteiger partial charge in [-0.1, -0.05) is 18.2 Å². The fraction of sp³-hybridized carbons (Fsp3) is 0.562. The highest BCUT2D eigenvalue weighted by molar-refractivity contribution is 7.91. The highest BCUT2D eigenvalue weighted by Gasteiger charge is 2.36. The third-order valence-corrected chi connectivity index (χ3v) is 6.60. The number of rotatable bonds is 3. The van der Waals surface area contributed by atoms with Crippen molar-refractivity contribution in [1.29, 1.82) is 0 Å². The van der Waals surface area contributed by atoms with E-state index in [0.717, 1.165) is 18.7 Å². The smallest absolute Gasteiger partial charge is 0.245 e. The molecule has 0 aliphatic carbocycles. The lowest BCUT2D eigenvalue weighted by atomic mass is 10.1. The van der Waals surface area contributed by atoms with Crippen LogP contribution in [0.3, 0.4) is 0 Å². The van der Waals surface area contributed by atoms with Crippen LogP contribution in [0.5, 0.6) is 0 Å².